The monoisotopic (exact) mass is 225 g/mol. The summed E-state index contributed by atoms with van der Waals surface area (Å²) >= 11 is 0. The quantitative estimate of drug-likeness (QED) is 0.709. The highest BCUT2D eigenvalue weighted by Gasteiger charge is 2.21. The van der Waals surface area contributed by atoms with Crippen molar-refractivity contribution in [2.24, 2.45) is 17.3 Å². The molecule has 1 fully saturated rings. The Bertz CT molecular complexity index is 192. The van der Waals surface area contributed by atoms with E-state index in [1.54, 1.807) is 0 Å². The molecule has 0 amide bonds. The van der Waals surface area contributed by atoms with Gasteiger partial charge in [-0.3, -0.25) is 0 Å². The molecule has 1 aliphatic carbocycles. The molecule has 0 heterocycles. The fourth-order valence-electron chi connectivity index (χ4n) is 2.34. The maximum absolute atomic E-state index is 3.79. The molecule has 1 nitrogen and oxygen atoms in total. The molecule has 0 bridgehead atoms. The summed E-state index contributed by atoms with van der Waals surface area (Å²) < 4.78 is 0. The van der Waals surface area contributed by atoms with Crippen molar-refractivity contribution >= 4 is 0 Å². The summed E-state index contributed by atoms with van der Waals surface area (Å²) in [4.78, 5) is 0. The molecule has 0 spiro atoms. The zero-order chi connectivity index (χ0) is 12.2. The molecule has 1 heteroatoms. The summed E-state index contributed by atoms with van der Waals surface area (Å²) in [5.41, 5.74) is 0.436. The molecule has 0 aromatic rings. The molecule has 0 saturated heterocycles. The minimum atomic E-state index is 0.436. The molecule has 0 aromatic carbocycles. The number of nitrogens with one attached hydrogen (secondary N) is 1. The highest BCUT2D eigenvalue weighted by molar-refractivity contribution is 4.77. The summed E-state index contributed by atoms with van der Waals surface area (Å²) in [6.45, 7) is 13.0. The normalized spacial score (nSPS) is 29.8. The van der Waals surface area contributed by atoms with Crippen LogP contribution in [0.3, 0.4) is 0 Å². The molecular formula is C15H31N. The summed E-state index contributed by atoms with van der Waals surface area (Å²) in [5.74, 6) is 1.71. The van der Waals surface area contributed by atoms with Gasteiger partial charge in [0.15, 0.2) is 0 Å². The van der Waals surface area contributed by atoms with Gasteiger partial charge < -0.3 is 5.32 Å². The van der Waals surface area contributed by atoms with Crippen molar-refractivity contribution < 1.29 is 0 Å². The largest absolute Gasteiger partial charge is 0.314 e. The molecule has 1 aliphatic rings. The third-order valence-electron chi connectivity index (χ3n) is 4.45. The Morgan fingerprint density at radius 3 is 2.44 bits per heavy atom. The van der Waals surface area contributed by atoms with E-state index in [2.05, 4.69) is 39.9 Å². The van der Waals surface area contributed by atoms with Crippen LogP contribution in [0.15, 0.2) is 0 Å². The lowest BCUT2D eigenvalue weighted by Gasteiger charge is -2.29. The van der Waals surface area contributed by atoms with Gasteiger partial charge in [-0.1, -0.05) is 47.5 Å². The van der Waals surface area contributed by atoms with Crippen molar-refractivity contribution in [1.29, 1.82) is 0 Å². The van der Waals surface area contributed by atoms with Gasteiger partial charge in [0.1, 0.15) is 0 Å². The maximum atomic E-state index is 3.79. The van der Waals surface area contributed by atoms with Gasteiger partial charge in [-0.2, -0.15) is 0 Å². The Hall–Kier alpha value is -0.0400. The van der Waals surface area contributed by atoms with E-state index in [0.717, 1.165) is 17.9 Å². The first kappa shape index (κ1) is 14.0. The standard InChI is InChI=1S/C15H31N/c1-12-7-6-8-14(10-9-12)16-11-13(2)15(3,4)5/h12-14,16H,6-11H2,1-5H3. The molecular weight excluding hydrogens is 194 g/mol. The van der Waals surface area contributed by atoms with Gasteiger partial charge in [0.25, 0.3) is 0 Å². The number of hydrogen-bond acceptors (Lipinski definition) is 1. The molecule has 3 unspecified atom stereocenters. The van der Waals surface area contributed by atoms with Crippen molar-refractivity contribution in [3.05, 3.63) is 0 Å². The fraction of sp³-hybridized carbons (Fsp3) is 1.00. The lowest BCUT2D eigenvalue weighted by atomic mass is 9.82. The molecule has 0 aromatic heterocycles. The van der Waals surface area contributed by atoms with E-state index >= 15 is 0 Å². The van der Waals surface area contributed by atoms with Crippen LogP contribution in [0.1, 0.15) is 66.7 Å². The van der Waals surface area contributed by atoms with Crippen molar-refractivity contribution in [3.63, 3.8) is 0 Å². The minimum absolute atomic E-state index is 0.436. The van der Waals surface area contributed by atoms with Gasteiger partial charge in [-0.25, -0.2) is 0 Å². The van der Waals surface area contributed by atoms with Gasteiger partial charge in [0.2, 0.25) is 0 Å². The van der Waals surface area contributed by atoms with E-state index < -0.39 is 0 Å². The van der Waals surface area contributed by atoms with Gasteiger partial charge in [-0.15, -0.1) is 0 Å². The van der Waals surface area contributed by atoms with Crippen molar-refractivity contribution in [1.82, 2.24) is 5.32 Å². The van der Waals surface area contributed by atoms with Crippen LogP contribution >= 0.6 is 0 Å². The van der Waals surface area contributed by atoms with E-state index in [1.807, 2.05) is 0 Å². The topological polar surface area (TPSA) is 12.0 Å². The average molecular weight is 225 g/mol. The SMILES string of the molecule is CC1CCCC(NCC(C)C(C)(C)C)CC1. The van der Waals surface area contributed by atoms with Crippen LogP contribution < -0.4 is 5.32 Å². The molecule has 16 heavy (non-hydrogen) atoms. The Labute approximate surface area is 102 Å². The zero-order valence-electron chi connectivity index (χ0n) is 12.0. The first-order valence-electron chi connectivity index (χ1n) is 7.13. The van der Waals surface area contributed by atoms with Crippen LogP contribution in [-0.4, -0.2) is 12.6 Å². The first-order valence-corrected chi connectivity index (χ1v) is 7.13. The lowest BCUT2D eigenvalue weighted by Crippen LogP contribution is -2.36. The van der Waals surface area contributed by atoms with E-state index in [0.29, 0.717) is 5.41 Å². The highest BCUT2D eigenvalue weighted by Crippen LogP contribution is 2.26. The van der Waals surface area contributed by atoms with E-state index in [4.69, 9.17) is 0 Å². The zero-order valence-corrected chi connectivity index (χ0v) is 12.0. The highest BCUT2D eigenvalue weighted by atomic mass is 14.9. The van der Waals surface area contributed by atoms with Crippen molar-refractivity contribution in [3.8, 4) is 0 Å². The molecule has 1 saturated carbocycles. The Kier molecular flexibility index (Phi) is 5.30. The second-order valence-corrected chi connectivity index (χ2v) is 6.99. The van der Waals surface area contributed by atoms with Gasteiger partial charge in [0, 0.05) is 6.04 Å². The lowest BCUT2D eigenvalue weighted by molar-refractivity contribution is 0.241. The average Bonchev–Trinajstić information content (AvgIpc) is 2.38. The third-order valence-corrected chi connectivity index (χ3v) is 4.45. The van der Waals surface area contributed by atoms with Gasteiger partial charge >= 0.3 is 0 Å². The summed E-state index contributed by atoms with van der Waals surface area (Å²) in [6.07, 6.45) is 7.05. The molecule has 1 N–H and O–H groups in total. The smallest absolute Gasteiger partial charge is 0.00672 e. The van der Waals surface area contributed by atoms with E-state index in [1.165, 1.54) is 38.6 Å². The van der Waals surface area contributed by atoms with E-state index in [9.17, 15) is 0 Å². The number of rotatable bonds is 3. The predicted molar refractivity (Wildman–Crippen MR) is 72.7 cm³/mol. The summed E-state index contributed by atoms with van der Waals surface area (Å²) in [7, 11) is 0. The maximum Gasteiger partial charge on any atom is 0.00672 e. The van der Waals surface area contributed by atoms with Crippen LogP contribution in [0.5, 0.6) is 0 Å². The van der Waals surface area contributed by atoms with Crippen LogP contribution in [0.4, 0.5) is 0 Å². The molecule has 1 rings (SSSR count). The molecule has 3 atom stereocenters. The fourth-order valence-corrected chi connectivity index (χ4v) is 2.34. The van der Waals surface area contributed by atoms with Gasteiger partial charge in [0.05, 0.1) is 0 Å². The minimum Gasteiger partial charge on any atom is -0.314 e. The molecule has 0 radical (unpaired) electrons. The van der Waals surface area contributed by atoms with Crippen LogP contribution in [0.25, 0.3) is 0 Å². The number of hydrogen-bond donors (Lipinski definition) is 1. The second-order valence-electron chi connectivity index (χ2n) is 6.99. The molecule has 96 valence electrons. The summed E-state index contributed by atoms with van der Waals surface area (Å²) in [6, 6.07) is 0.787. The third kappa shape index (κ3) is 4.86. The Balaban J connectivity index is 2.27. The van der Waals surface area contributed by atoms with E-state index in [-0.39, 0.29) is 0 Å². The van der Waals surface area contributed by atoms with Crippen molar-refractivity contribution in [2.45, 2.75) is 72.8 Å². The first-order chi connectivity index (χ1) is 7.39. The van der Waals surface area contributed by atoms with Crippen LogP contribution in [0, 0.1) is 17.3 Å². The Morgan fingerprint density at radius 2 is 1.81 bits per heavy atom. The molecule has 0 aliphatic heterocycles. The predicted octanol–water partition coefficient (Wildman–Crippen LogP) is 4.23. The van der Waals surface area contributed by atoms with Gasteiger partial charge in [-0.05, 0) is 43.1 Å². The van der Waals surface area contributed by atoms with Crippen LogP contribution in [-0.2, 0) is 0 Å². The van der Waals surface area contributed by atoms with Crippen LogP contribution in [0.2, 0.25) is 0 Å². The Morgan fingerprint density at radius 1 is 1.12 bits per heavy atom. The summed E-state index contributed by atoms with van der Waals surface area (Å²) in [5, 5.41) is 3.79. The second kappa shape index (κ2) is 6.05. The van der Waals surface area contributed by atoms with Crippen molar-refractivity contribution in [2.75, 3.05) is 6.54 Å².